The molecule has 0 saturated carbocycles. The maximum Gasteiger partial charge on any atom is 0.229 e. The molecule has 2 aromatic rings. The molecule has 0 aliphatic carbocycles. The minimum absolute atomic E-state index is 0.0391. The quantitative estimate of drug-likeness (QED) is 0.229. The molecule has 0 aliphatic rings. The Hall–Kier alpha value is -4.03. The molecule has 9 heteroatoms. The lowest BCUT2D eigenvalue weighted by Crippen LogP contribution is -2.22. The molecule has 1 heterocycles. The van der Waals surface area contributed by atoms with Crippen LogP contribution in [0.1, 0.15) is 50.2 Å². The number of amides is 1. The monoisotopic (exact) mass is 503 g/mol. The van der Waals surface area contributed by atoms with Crippen molar-refractivity contribution in [2.75, 3.05) is 44.4 Å². The van der Waals surface area contributed by atoms with Crippen molar-refractivity contribution >= 4 is 35.2 Å². The zero-order chi connectivity index (χ0) is 26.9. The molecule has 0 unspecified atom stereocenters. The first-order chi connectivity index (χ1) is 17.9. The zero-order valence-electron chi connectivity index (χ0n) is 22.0. The largest absolute Gasteiger partial charge is 0.369 e. The van der Waals surface area contributed by atoms with Gasteiger partial charge in [0.25, 0.3) is 0 Å². The third-order valence-corrected chi connectivity index (χ3v) is 5.20. The lowest BCUT2D eigenvalue weighted by atomic mass is 10.1. The van der Waals surface area contributed by atoms with Crippen LogP contribution in [0.25, 0.3) is 6.08 Å². The number of likely N-dealkylation sites (N-methyl/N-ethyl adjacent to an activating group) is 1. The van der Waals surface area contributed by atoms with Gasteiger partial charge < -0.3 is 20.9 Å². The van der Waals surface area contributed by atoms with Crippen LogP contribution in [0.5, 0.6) is 0 Å². The standard InChI is InChI=1S/C28H37N7O2/c1-4-17-31-27-23(21-32-28(34-27)33-24-15-13-22(20-29)14-16-24)9-7-18-30-26(37)12-6-5-10-25(36)11-8-19-35(2)3/h7-9,11,13-16,21H,4-6,10,12,17-19H2,1-3H3,(H,30,37)(H2,31,32,33,34)/b9-7-,11-8+. The van der Waals surface area contributed by atoms with Gasteiger partial charge in [-0.3, -0.25) is 9.59 Å². The van der Waals surface area contributed by atoms with E-state index in [1.807, 2.05) is 37.2 Å². The molecule has 0 spiro atoms. The Bertz CT molecular complexity index is 1100. The molecule has 0 aliphatic heterocycles. The molecule has 37 heavy (non-hydrogen) atoms. The Morgan fingerprint density at radius 3 is 2.57 bits per heavy atom. The van der Waals surface area contributed by atoms with E-state index in [9.17, 15) is 9.59 Å². The van der Waals surface area contributed by atoms with Gasteiger partial charge >= 0.3 is 0 Å². The number of nitriles is 1. The number of allylic oxidation sites excluding steroid dienone is 1. The third-order valence-electron chi connectivity index (χ3n) is 5.20. The number of carbonyl (C=O) groups excluding carboxylic acids is 2. The summed E-state index contributed by atoms with van der Waals surface area (Å²) in [6.07, 6.45) is 12.1. The van der Waals surface area contributed by atoms with Crippen molar-refractivity contribution in [1.82, 2.24) is 20.2 Å². The Balaban J connectivity index is 1.81. The summed E-state index contributed by atoms with van der Waals surface area (Å²) in [6, 6.07) is 9.17. The summed E-state index contributed by atoms with van der Waals surface area (Å²) >= 11 is 0. The van der Waals surface area contributed by atoms with Gasteiger partial charge in [-0.05, 0) is 63.7 Å². The van der Waals surface area contributed by atoms with Gasteiger partial charge in [0.1, 0.15) is 5.82 Å². The van der Waals surface area contributed by atoms with Gasteiger partial charge in [-0.1, -0.05) is 25.2 Å². The second-order valence-electron chi connectivity index (χ2n) is 8.78. The van der Waals surface area contributed by atoms with E-state index in [0.29, 0.717) is 49.6 Å². The molecule has 0 atom stereocenters. The molecule has 1 amide bonds. The number of carbonyl (C=O) groups is 2. The summed E-state index contributed by atoms with van der Waals surface area (Å²) in [4.78, 5) is 34.9. The number of benzene rings is 1. The number of unbranched alkanes of at least 4 members (excludes halogenated alkanes) is 1. The molecule has 3 N–H and O–H groups in total. The molecular weight excluding hydrogens is 466 g/mol. The van der Waals surface area contributed by atoms with Crippen LogP contribution in [0.2, 0.25) is 0 Å². The van der Waals surface area contributed by atoms with E-state index in [4.69, 9.17) is 5.26 Å². The summed E-state index contributed by atoms with van der Waals surface area (Å²) in [7, 11) is 3.90. The SMILES string of the molecule is CCCNc1nc(Nc2ccc(C#N)cc2)ncc1/C=C\CNC(=O)CCCCC(=O)/C=C/CN(C)C. The normalized spacial score (nSPS) is 11.1. The van der Waals surface area contributed by atoms with E-state index in [0.717, 1.165) is 30.8 Å². The summed E-state index contributed by atoms with van der Waals surface area (Å²) in [5.74, 6) is 1.20. The van der Waals surface area contributed by atoms with Crippen LogP contribution < -0.4 is 16.0 Å². The molecule has 1 aromatic carbocycles. The molecule has 0 bridgehead atoms. The van der Waals surface area contributed by atoms with E-state index in [2.05, 4.69) is 38.9 Å². The Kier molecular flexibility index (Phi) is 13.1. The summed E-state index contributed by atoms with van der Waals surface area (Å²) in [5.41, 5.74) is 2.19. The van der Waals surface area contributed by atoms with E-state index < -0.39 is 0 Å². The minimum Gasteiger partial charge on any atom is -0.369 e. The summed E-state index contributed by atoms with van der Waals surface area (Å²) in [5, 5.41) is 18.3. The maximum absolute atomic E-state index is 12.1. The van der Waals surface area contributed by atoms with Gasteiger partial charge in [0.05, 0.1) is 11.6 Å². The fourth-order valence-corrected chi connectivity index (χ4v) is 3.23. The van der Waals surface area contributed by atoms with Gasteiger partial charge in [0, 0.05) is 49.9 Å². The predicted molar refractivity (Wildman–Crippen MR) is 148 cm³/mol. The van der Waals surface area contributed by atoms with Gasteiger partial charge in [-0.2, -0.15) is 10.2 Å². The van der Waals surface area contributed by atoms with Crippen LogP contribution in [-0.4, -0.2) is 60.3 Å². The Labute approximate surface area is 219 Å². The number of aromatic nitrogens is 2. The average molecular weight is 504 g/mol. The van der Waals surface area contributed by atoms with Crippen LogP contribution in [0.3, 0.4) is 0 Å². The highest BCUT2D eigenvalue weighted by molar-refractivity contribution is 5.89. The topological polar surface area (TPSA) is 123 Å². The fourth-order valence-electron chi connectivity index (χ4n) is 3.23. The smallest absolute Gasteiger partial charge is 0.229 e. The van der Waals surface area contributed by atoms with Crippen molar-refractivity contribution in [1.29, 1.82) is 5.26 Å². The van der Waals surface area contributed by atoms with Crippen molar-refractivity contribution < 1.29 is 9.59 Å². The first kappa shape index (κ1) is 29.2. The van der Waals surface area contributed by atoms with Crippen LogP contribution in [0.15, 0.2) is 48.7 Å². The van der Waals surface area contributed by atoms with E-state index >= 15 is 0 Å². The Morgan fingerprint density at radius 1 is 1.11 bits per heavy atom. The maximum atomic E-state index is 12.1. The van der Waals surface area contributed by atoms with Gasteiger partial charge in [0.15, 0.2) is 5.78 Å². The molecule has 9 nitrogen and oxygen atoms in total. The lowest BCUT2D eigenvalue weighted by molar-refractivity contribution is -0.121. The number of anilines is 3. The first-order valence-electron chi connectivity index (χ1n) is 12.6. The minimum atomic E-state index is -0.0391. The highest BCUT2D eigenvalue weighted by Crippen LogP contribution is 2.19. The number of nitrogens with one attached hydrogen (secondary N) is 3. The molecule has 1 aromatic heterocycles. The van der Waals surface area contributed by atoms with Gasteiger partial charge in [-0.25, -0.2) is 4.98 Å². The van der Waals surface area contributed by atoms with Crippen molar-refractivity contribution in [3.8, 4) is 6.07 Å². The van der Waals surface area contributed by atoms with E-state index in [1.165, 1.54) is 0 Å². The van der Waals surface area contributed by atoms with Gasteiger partial charge in [0.2, 0.25) is 11.9 Å². The predicted octanol–water partition coefficient (Wildman–Crippen LogP) is 4.29. The van der Waals surface area contributed by atoms with Gasteiger partial charge in [-0.15, -0.1) is 0 Å². The highest BCUT2D eigenvalue weighted by Gasteiger charge is 2.06. The number of hydrogen-bond acceptors (Lipinski definition) is 8. The van der Waals surface area contributed by atoms with Crippen molar-refractivity contribution in [3.63, 3.8) is 0 Å². The molecule has 0 fully saturated rings. The van der Waals surface area contributed by atoms with Crippen molar-refractivity contribution in [2.24, 2.45) is 0 Å². The van der Waals surface area contributed by atoms with Crippen molar-refractivity contribution in [2.45, 2.75) is 39.0 Å². The third kappa shape index (κ3) is 12.0. The van der Waals surface area contributed by atoms with E-state index in [-0.39, 0.29) is 11.7 Å². The summed E-state index contributed by atoms with van der Waals surface area (Å²) < 4.78 is 0. The lowest BCUT2D eigenvalue weighted by Gasteiger charge is -2.11. The number of ketones is 1. The molecule has 0 saturated heterocycles. The van der Waals surface area contributed by atoms with Crippen molar-refractivity contribution in [3.05, 3.63) is 59.8 Å². The van der Waals surface area contributed by atoms with Crippen LogP contribution in [0, 0.1) is 11.3 Å². The second kappa shape index (κ2) is 16.6. The first-order valence-corrected chi connectivity index (χ1v) is 12.6. The second-order valence-corrected chi connectivity index (χ2v) is 8.78. The highest BCUT2D eigenvalue weighted by atomic mass is 16.1. The van der Waals surface area contributed by atoms with Crippen LogP contribution in [-0.2, 0) is 9.59 Å². The van der Waals surface area contributed by atoms with Crippen LogP contribution >= 0.6 is 0 Å². The number of hydrogen-bond donors (Lipinski definition) is 3. The number of rotatable bonds is 16. The molecule has 2 rings (SSSR count). The van der Waals surface area contributed by atoms with E-state index in [1.54, 1.807) is 36.5 Å². The molecule has 0 radical (unpaired) electrons. The Morgan fingerprint density at radius 2 is 1.86 bits per heavy atom. The number of nitrogens with zero attached hydrogens (tertiary/aromatic N) is 4. The average Bonchev–Trinajstić information content (AvgIpc) is 2.89. The fraction of sp³-hybridized carbons (Fsp3) is 0.393. The zero-order valence-corrected chi connectivity index (χ0v) is 22.0. The molecule has 196 valence electrons. The van der Waals surface area contributed by atoms with Crippen LogP contribution in [0.4, 0.5) is 17.5 Å². The molecular formula is C28H37N7O2. The summed E-state index contributed by atoms with van der Waals surface area (Å²) in [6.45, 7) is 3.97.